The highest BCUT2D eigenvalue weighted by Crippen LogP contribution is 2.31. The third kappa shape index (κ3) is 5.19. The number of hydrogen-bond acceptors (Lipinski definition) is 7. The van der Waals surface area contributed by atoms with Gasteiger partial charge >= 0.3 is 0 Å². The Morgan fingerprint density at radius 3 is 2.71 bits per heavy atom. The standard InChI is InChI=1S/C26H32FN7O/c1-4-33-12-9-25(31-26(33)35-17-18(2)27)34-10-7-19(8-11-34)20-5-6-22-23(13-20)30-24(15-28-22)21-14-29-32(3)16-21/h5-6,9,12-16,18-19,26H,4,7-8,10-11,17H2,1-3H3. The molecule has 0 bridgehead atoms. The van der Waals surface area contributed by atoms with Gasteiger partial charge in [-0.15, -0.1) is 0 Å². The van der Waals surface area contributed by atoms with E-state index < -0.39 is 12.5 Å². The fraction of sp³-hybridized carbons (Fsp3) is 0.462. The van der Waals surface area contributed by atoms with Crippen LogP contribution in [-0.4, -0.2) is 74.1 Å². The molecule has 0 aliphatic carbocycles. The quantitative estimate of drug-likeness (QED) is 0.532. The molecule has 3 aromatic rings. The molecule has 2 aliphatic rings. The normalized spacial score (nSPS) is 19.9. The second-order valence-electron chi connectivity index (χ2n) is 9.24. The van der Waals surface area contributed by atoms with Gasteiger partial charge < -0.3 is 14.5 Å². The van der Waals surface area contributed by atoms with Gasteiger partial charge in [-0.05, 0) is 56.4 Å². The van der Waals surface area contributed by atoms with Gasteiger partial charge in [0.1, 0.15) is 12.0 Å². The first-order valence-electron chi connectivity index (χ1n) is 12.3. The molecule has 184 valence electrons. The number of ether oxygens (including phenoxy) is 1. The summed E-state index contributed by atoms with van der Waals surface area (Å²) < 4.78 is 20.8. The highest BCUT2D eigenvalue weighted by Gasteiger charge is 2.26. The van der Waals surface area contributed by atoms with Crippen molar-refractivity contribution < 1.29 is 9.13 Å². The first-order chi connectivity index (χ1) is 17.0. The summed E-state index contributed by atoms with van der Waals surface area (Å²) in [5.74, 6) is 1.37. The van der Waals surface area contributed by atoms with Crippen LogP contribution in [0.15, 0.2) is 54.1 Å². The van der Waals surface area contributed by atoms with Gasteiger partial charge in [-0.1, -0.05) is 6.07 Å². The molecule has 2 aliphatic heterocycles. The molecule has 0 N–H and O–H groups in total. The van der Waals surface area contributed by atoms with Crippen molar-refractivity contribution in [3.8, 4) is 11.3 Å². The Hall–Kier alpha value is -3.33. The zero-order valence-corrected chi connectivity index (χ0v) is 20.5. The Morgan fingerprint density at radius 1 is 1.17 bits per heavy atom. The molecular formula is C26H32FN7O. The van der Waals surface area contributed by atoms with Crippen LogP contribution >= 0.6 is 0 Å². The van der Waals surface area contributed by atoms with Crippen molar-refractivity contribution in [3.63, 3.8) is 0 Å². The highest BCUT2D eigenvalue weighted by molar-refractivity contribution is 5.93. The predicted molar refractivity (Wildman–Crippen MR) is 135 cm³/mol. The average Bonchev–Trinajstić information content (AvgIpc) is 3.33. The molecule has 1 fully saturated rings. The van der Waals surface area contributed by atoms with E-state index in [1.54, 1.807) is 10.9 Å². The summed E-state index contributed by atoms with van der Waals surface area (Å²) in [6, 6.07) is 6.43. The number of amidine groups is 1. The molecule has 2 aromatic heterocycles. The number of rotatable bonds is 6. The molecule has 2 atom stereocenters. The minimum absolute atomic E-state index is 0.0429. The lowest BCUT2D eigenvalue weighted by molar-refractivity contribution is -0.0479. The van der Waals surface area contributed by atoms with Gasteiger partial charge in [0.15, 0.2) is 0 Å². The number of aromatic nitrogens is 4. The molecule has 9 heteroatoms. The highest BCUT2D eigenvalue weighted by atomic mass is 19.1. The number of aryl methyl sites for hydroxylation is 1. The molecular weight excluding hydrogens is 445 g/mol. The van der Waals surface area contributed by atoms with Crippen LogP contribution in [0.2, 0.25) is 0 Å². The van der Waals surface area contributed by atoms with Crippen LogP contribution in [-0.2, 0) is 11.8 Å². The molecule has 35 heavy (non-hydrogen) atoms. The number of likely N-dealkylation sites (tertiary alicyclic amines) is 1. The van der Waals surface area contributed by atoms with E-state index in [2.05, 4.69) is 33.2 Å². The van der Waals surface area contributed by atoms with Crippen molar-refractivity contribution in [2.24, 2.45) is 12.0 Å². The van der Waals surface area contributed by atoms with E-state index in [0.717, 1.165) is 60.6 Å². The van der Waals surface area contributed by atoms with Crippen LogP contribution in [0.5, 0.6) is 0 Å². The van der Waals surface area contributed by atoms with E-state index in [4.69, 9.17) is 14.7 Å². The second-order valence-corrected chi connectivity index (χ2v) is 9.24. The minimum Gasteiger partial charge on any atom is -0.357 e. The monoisotopic (exact) mass is 477 g/mol. The number of piperidine rings is 1. The van der Waals surface area contributed by atoms with Crippen LogP contribution in [0.25, 0.3) is 22.3 Å². The summed E-state index contributed by atoms with van der Waals surface area (Å²) in [6.45, 7) is 6.16. The van der Waals surface area contributed by atoms with Crippen molar-refractivity contribution in [2.75, 3.05) is 26.2 Å². The molecule has 2 unspecified atom stereocenters. The van der Waals surface area contributed by atoms with Crippen molar-refractivity contribution in [1.29, 1.82) is 0 Å². The van der Waals surface area contributed by atoms with E-state index in [-0.39, 0.29) is 6.61 Å². The van der Waals surface area contributed by atoms with Gasteiger partial charge in [0.2, 0.25) is 6.35 Å². The van der Waals surface area contributed by atoms with Gasteiger partial charge in [0.25, 0.3) is 0 Å². The topological polar surface area (TPSA) is 71.7 Å². The van der Waals surface area contributed by atoms with Gasteiger partial charge in [0.05, 0.1) is 35.7 Å². The van der Waals surface area contributed by atoms with Gasteiger partial charge in [0, 0.05) is 44.6 Å². The Labute approximate surface area is 205 Å². The molecule has 8 nitrogen and oxygen atoms in total. The zero-order valence-electron chi connectivity index (χ0n) is 20.5. The summed E-state index contributed by atoms with van der Waals surface area (Å²) in [4.78, 5) is 18.5. The minimum atomic E-state index is -1.01. The fourth-order valence-corrected chi connectivity index (χ4v) is 4.68. The summed E-state index contributed by atoms with van der Waals surface area (Å²) in [5, 5.41) is 4.24. The molecule has 5 rings (SSSR count). The maximum Gasteiger partial charge on any atom is 0.229 e. The van der Waals surface area contributed by atoms with E-state index in [1.165, 1.54) is 12.5 Å². The van der Waals surface area contributed by atoms with Crippen LogP contribution < -0.4 is 0 Å². The molecule has 0 amide bonds. The first kappa shape index (κ1) is 23.4. The third-order valence-electron chi connectivity index (χ3n) is 6.64. The lowest BCUT2D eigenvalue weighted by Gasteiger charge is -2.37. The predicted octanol–water partition coefficient (Wildman–Crippen LogP) is 4.12. The molecule has 1 saturated heterocycles. The fourth-order valence-electron chi connectivity index (χ4n) is 4.68. The summed E-state index contributed by atoms with van der Waals surface area (Å²) in [6.07, 6.45) is 10.2. The number of halogens is 1. The van der Waals surface area contributed by atoms with Crippen molar-refractivity contribution in [1.82, 2.24) is 29.5 Å². The van der Waals surface area contributed by atoms with Crippen LogP contribution in [0, 0.1) is 0 Å². The van der Waals surface area contributed by atoms with Gasteiger partial charge in [-0.25, -0.2) is 14.4 Å². The van der Waals surface area contributed by atoms with Crippen LogP contribution in [0.3, 0.4) is 0 Å². The third-order valence-corrected chi connectivity index (χ3v) is 6.64. The molecule has 0 spiro atoms. The van der Waals surface area contributed by atoms with Crippen molar-refractivity contribution in [3.05, 3.63) is 54.6 Å². The molecule has 0 radical (unpaired) electrons. The Morgan fingerprint density at radius 2 is 2.00 bits per heavy atom. The molecule has 0 saturated carbocycles. The largest absolute Gasteiger partial charge is 0.357 e. The number of benzene rings is 1. The van der Waals surface area contributed by atoms with E-state index in [0.29, 0.717) is 5.92 Å². The van der Waals surface area contributed by atoms with Crippen molar-refractivity contribution >= 4 is 16.9 Å². The average molecular weight is 478 g/mol. The van der Waals surface area contributed by atoms with Gasteiger partial charge in [-0.2, -0.15) is 5.10 Å². The number of nitrogens with zero attached hydrogens (tertiary/aromatic N) is 7. The Kier molecular flexibility index (Phi) is 6.77. The Balaban J connectivity index is 1.27. The molecule has 1 aromatic carbocycles. The summed E-state index contributed by atoms with van der Waals surface area (Å²) in [5.41, 5.74) is 4.90. The van der Waals surface area contributed by atoms with E-state index in [1.807, 2.05) is 43.5 Å². The van der Waals surface area contributed by atoms with Crippen molar-refractivity contribution in [2.45, 2.75) is 45.1 Å². The Bertz CT molecular complexity index is 1230. The van der Waals surface area contributed by atoms with Gasteiger partial charge in [-0.3, -0.25) is 9.67 Å². The SMILES string of the molecule is CCN1C=CC(N2CCC(c3ccc4ncc(-c5cnn(C)c5)nc4c3)CC2)=NC1OCC(C)F. The molecule has 4 heterocycles. The van der Waals surface area contributed by atoms with E-state index >= 15 is 0 Å². The number of aliphatic imine (C=N–C) groups is 1. The lowest BCUT2D eigenvalue weighted by Crippen LogP contribution is -2.43. The van der Waals surface area contributed by atoms with Crippen LogP contribution in [0.4, 0.5) is 4.39 Å². The maximum atomic E-state index is 13.3. The van der Waals surface area contributed by atoms with Crippen LogP contribution in [0.1, 0.15) is 38.2 Å². The summed E-state index contributed by atoms with van der Waals surface area (Å²) in [7, 11) is 1.90. The number of hydrogen-bond donors (Lipinski definition) is 0. The maximum absolute atomic E-state index is 13.3. The number of alkyl halides is 1. The number of fused-ring (bicyclic) bond motifs is 1. The second kappa shape index (κ2) is 10.1. The smallest absolute Gasteiger partial charge is 0.229 e. The van der Waals surface area contributed by atoms with E-state index in [9.17, 15) is 4.39 Å². The first-order valence-corrected chi connectivity index (χ1v) is 12.3. The summed E-state index contributed by atoms with van der Waals surface area (Å²) >= 11 is 0. The zero-order chi connectivity index (χ0) is 24.4. The lowest BCUT2D eigenvalue weighted by atomic mass is 9.89.